The maximum Gasteiger partial charge on any atom is 0.256 e. The zero-order valence-corrected chi connectivity index (χ0v) is 16.0. The van der Waals surface area contributed by atoms with Gasteiger partial charge in [0.2, 0.25) is 0 Å². The van der Waals surface area contributed by atoms with Crippen molar-refractivity contribution >= 4 is 17.5 Å². The zero-order chi connectivity index (χ0) is 19.6. The highest BCUT2D eigenvalue weighted by Crippen LogP contribution is 2.33. The first-order chi connectivity index (χ1) is 12.9. The van der Waals surface area contributed by atoms with Crippen LogP contribution in [0, 0.1) is 20.8 Å². The third-order valence-corrected chi connectivity index (χ3v) is 4.51. The van der Waals surface area contributed by atoms with E-state index in [1.54, 1.807) is 25.3 Å². The van der Waals surface area contributed by atoms with Crippen molar-refractivity contribution in [1.82, 2.24) is 4.98 Å². The van der Waals surface area contributed by atoms with E-state index in [2.05, 4.69) is 10.3 Å². The van der Waals surface area contributed by atoms with Crippen LogP contribution in [0.3, 0.4) is 0 Å². The number of aryl methyl sites for hydroxylation is 3. The van der Waals surface area contributed by atoms with E-state index in [1.165, 1.54) is 0 Å². The van der Waals surface area contributed by atoms with Crippen molar-refractivity contribution in [2.75, 3.05) is 18.2 Å². The third kappa shape index (κ3) is 3.92. The first kappa shape index (κ1) is 18.5. The Morgan fingerprint density at radius 1 is 0.963 bits per heavy atom. The van der Waals surface area contributed by atoms with Crippen molar-refractivity contribution in [3.05, 3.63) is 70.8 Å². The Kier molecular flexibility index (Phi) is 5.12. The monoisotopic (exact) mass is 361 g/mol. The Hall–Kier alpha value is -3.34. The van der Waals surface area contributed by atoms with E-state index in [1.807, 2.05) is 51.1 Å². The van der Waals surface area contributed by atoms with E-state index < -0.39 is 0 Å². The van der Waals surface area contributed by atoms with Crippen LogP contribution in [0.2, 0.25) is 0 Å². The second-order valence-corrected chi connectivity index (χ2v) is 6.59. The van der Waals surface area contributed by atoms with Crippen molar-refractivity contribution in [2.24, 2.45) is 0 Å². The molecular weight excluding hydrogens is 338 g/mol. The van der Waals surface area contributed by atoms with E-state index in [0.717, 1.165) is 33.6 Å². The van der Waals surface area contributed by atoms with Crippen LogP contribution in [0.15, 0.2) is 48.5 Å². The Morgan fingerprint density at radius 2 is 1.67 bits per heavy atom. The summed E-state index contributed by atoms with van der Waals surface area (Å²) in [5, 5.41) is 2.79. The number of amides is 1. The maximum absolute atomic E-state index is 12.4. The zero-order valence-electron chi connectivity index (χ0n) is 16.0. The first-order valence-electron chi connectivity index (χ1n) is 8.69. The summed E-state index contributed by atoms with van der Waals surface area (Å²) in [5.41, 5.74) is 11.7. The molecule has 2 aromatic carbocycles. The number of anilines is 2. The van der Waals surface area contributed by atoms with Crippen molar-refractivity contribution in [2.45, 2.75) is 20.8 Å². The summed E-state index contributed by atoms with van der Waals surface area (Å²) in [6.45, 7) is 5.97. The highest BCUT2D eigenvalue weighted by atomic mass is 16.5. The molecule has 5 nitrogen and oxygen atoms in total. The van der Waals surface area contributed by atoms with E-state index in [-0.39, 0.29) is 5.91 Å². The van der Waals surface area contributed by atoms with Crippen LogP contribution in [-0.4, -0.2) is 18.0 Å². The number of hydrogen-bond donors (Lipinski definition) is 2. The van der Waals surface area contributed by atoms with Crippen molar-refractivity contribution < 1.29 is 9.53 Å². The van der Waals surface area contributed by atoms with Gasteiger partial charge in [-0.1, -0.05) is 17.7 Å². The van der Waals surface area contributed by atoms with Crippen LogP contribution in [0.1, 0.15) is 27.0 Å². The topological polar surface area (TPSA) is 77.2 Å². The molecule has 0 saturated heterocycles. The van der Waals surface area contributed by atoms with Gasteiger partial charge in [-0.25, -0.2) is 4.98 Å². The minimum absolute atomic E-state index is 0.217. The number of benzene rings is 2. The average Bonchev–Trinajstić information content (AvgIpc) is 2.64. The molecular formula is C22H23N3O2. The van der Waals surface area contributed by atoms with Gasteiger partial charge in [0, 0.05) is 11.1 Å². The van der Waals surface area contributed by atoms with E-state index >= 15 is 0 Å². The van der Waals surface area contributed by atoms with Crippen LogP contribution in [-0.2, 0) is 0 Å². The van der Waals surface area contributed by atoms with Gasteiger partial charge in [0.15, 0.2) is 0 Å². The highest BCUT2D eigenvalue weighted by molar-refractivity contribution is 6.04. The number of methoxy groups -OCH3 is 1. The maximum atomic E-state index is 12.4. The molecule has 3 rings (SSSR count). The number of carbonyl (C=O) groups excluding carboxylic acids is 1. The molecule has 0 unspecified atom stereocenters. The normalized spacial score (nSPS) is 10.5. The van der Waals surface area contributed by atoms with Gasteiger partial charge in [0.25, 0.3) is 5.91 Å². The number of pyridine rings is 1. The lowest BCUT2D eigenvalue weighted by molar-refractivity contribution is 0.102. The van der Waals surface area contributed by atoms with Gasteiger partial charge in [-0.2, -0.15) is 0 Å². The number of rotatable bonds is 4. The van der Waals surface area contributed by atoms with Crippen LogP contribution in [0.5, 0.6) is 5.75 Å². The first-order valence-corrected chi connectivity index (χ1v) is 8.69. The Balaban J connectivity index is 1.87. The molecule has 0 fully saturated rings. The van der Waals surface area contributed by atoms with Crippen molar-refractivity contribution in [1.29, 1.82) is 0 Å². The molecule has 0 atom stereocenters. The molecule has 5 heteroatoms. The summed E-state index contributed by atoms with van der Waals surface area (Å²) in [6.07, 6.45) is 0. The number of nitrogens with zero attached hydrogens (tertiary/aromatic N) is 1. The Labute approximate surface area is 159 Å². The number of ether oxygens (including phenoxy) is 1. The van der Waals surface area contributed by atoms with Gasteiger partial charge >= 0.3 is 0 Å². The van der Waals surface area contributed by atoms with Crippen LogP contribution in [0.25, 0.3) is 11.1 Å². The molecule has 0 saturated carbocycles. The van der Waals surface area contributed by atoms with Gasteiger partial charge < -0.3 is 15.8 Å². The molecule has 0 spiro atoms. The summed E-state index contributed by atoms with van der Waals surface area (Å²) in [5.74, 6) is 1.41. The molecule has 0 aliphatic heterocycles. The summed E-state index contributed by atoms with van der Waals surface area (Å²) >= 11 is 0. The molecule has 0 aliphatic carbocycles. The summed E-state index contributed by atoms with van der Waals surface area (Å²) in [7, 11) is 1.66. The van der Waals surface area contributed by atoms with Crippen molar-refractivity contribution in [3.63, 3.8) is 0 Å². The van der Waals surface area contributed by atoms with Crippen LogP contribution >= 0.6 is 0 Å². The molecule has 0 radical (unpaired) electrons. The molecule has 3 N–H and O–H groups in total. The van der Waals surface area contributed by atoms with E-state index in [0.29, 0.717) is 17.2 Å². The van der Waals surface area contributed by atoms with E-state index in [4.69, 9.17) is 10.5 Å². The van der Waals surface area contributed by atoms with Gasteiger partial charge in [0.1, 0.15) is 17.4 Å². The molecule has 0 bridgehead atoms. The molecule has 0 aliphatic rings. The van der Waals surface area contributed by atoms with Crippen LogP contribution in [0.4, 0.5) is 11.6 Å². The Bertz CT molecular complexity index is 995. The quantitative estimate of drug-likeness (QED) is 0.716. The number of hydrogen-bond acceptors (Lipinski definition) is 4. The number of aromatic nitrogens is 1. The largest absolute Gasteiger partial charge is 0.496 e. The minimum atomic E-state index is -0.217. The fourth-order valence-electron chi connectivity index (χ4n) is 2.97. The smallest absolute Gasteiger partial charge is 0.256 e. The highest BCUT2D eigenvalue weighted by Gasteiger charge is 2.13. The fraction of sp³-hybridized carbons (Fsp3) is 0.182. The van der Waals surface area contributed by atoms with Gasteiger partial charge in [-0.15, -0.1) is 0 Å². The van der Waals surface area contributed by atoms with Crippen molar-refractivity contribution in [3.8, 4) is 16.9 Å². The van der Waals surface area contributed by atoms with Gasteiger partial charge in [0.05, 0.1) is 7.11 Å². The second kappa shape index (κ2) is 7.50. The molecule has 1 heterocycles. The molecule has 3 aromatic rings. The minimum Gasteiger partial charge on any atom is -0.496 e. The average molecular weight is 361 g/mol. The molecule has 1 amide bonds. The number of nitrogens with two attached hydrogens (primary N) is 1. The lowest BCUT2D eigenvalue weighted by Gasteiger charge is -2.14. The lowest BCUT2D eigenvalue weighted by atomic mass is 9.98. The van der Waals surface area contributed by atoms with Gasteiger partial charge in [-0.3, -0.25) is 4.79 Å². The van der Waals surface area contributed by atoms with Crippen LogP contribution < -0.4 is 15.8 Å². The number of nitrogens with one attached hydrogen (secondary N) is 1. The van der Waals surface area contributed by atoms with E-state index in [9.17, 15) is 4.79 Å². The van der Waals surface area contributed by atoms with Gasteiger partial charge in [-0.05, 0) is 73.9 Å². The Morgan fingerprint density at radius 3 is 2.30 bits per heavy atom. The predicted molar refractivity (Wildman–Crippen MR) is 109 cm³/mol. The number of carbonyl (C=O) groups is 1. The summed E-state index contributed by atoms with van der Waals surface area (Å²) in [4.78, 5) is 16.7. The SMILES string of the molecule is COc1cc(C)c(-c2ccc(NC(=O)c3ccc(C)cc3)nc2N)cc1C. The standard InChI is InChI=1S/C22H23N3O2/c1-13-5-7-16(8-6-13)22(26)25-20-10-9-17(21(23)24-20)18-11-15(3)19(27-4)12-14(18)2/h5-12H,1-4H3,(H3,23,24,25,26). The molecule has 27 heavy (non-hydrogen) atoms. The predicted octanol–water partition coefficient (Wildman–Crippen LogP) is 4.52. The fourth-order valence-corrected chi connectivity index (χ4v) is 2.97. The number of nitrogen functional groups attached to an aromatic ring is 1. The lowest BCUT2D eigenvalue weighted by Crippen LogP contribution is -2.13. The summed E-state index contributed by atoms with van der Waals surface area (Å²) in [6, 6.07) is 15.0. The second-order valence-electron chi connectivity index (χ2n) is 6.59. The molecule has 1 aromatic heterocycles. The summed E-state index contributed by atoms with van der Waals surface area (Å²) < 4.78 is 5.36. The molecule has 138 valence electrons. The third-order valence-electron chi connectivity index (χ3n) is 4.51.